The Kier molecular flexibility index (Phi) is 7.61. The number of furan rings is 1. The van der Waals surface area contributed by atoms with Gasteiger partial charge in [-0.05, 0) is 54.1 Å². The van der Waals surface area contributed by atoms with Gasteiger partial charge in [0.15, 0.2) is 11.5 Å². The van der Waals surface area contributed by atoms with E-state index < -0.39 is 11.9 Å². The molecule has 0 fully saturated rings. The minimum atomic E-state index is -1.18. The molecule has 0 aliphatic heterocycles. The number of halogens is 2. The van der Waals surface area contributed by atoms with Crippen molar-refractivity contribution in [2.45, 2.75) is 6.61 Å². The fraction of sp³-hybridized carbons (Fsp3) is 0.0870. The van der Waals surface area contributed by atoms with Crippen LogP contribution in [0.25, 0.3) is 6.08 Å². The van der Waals surface area contributed by atoms with E-state index in [1.165, 1.54) is 37.5 Å². The normalized spacial score (nSPS) is 10.9. The number of hydrogen-bond acceptors (Lipinski definition) is 6. The lowest BCUT2D eigenvalue weighted by Gasteiger charge is -2.11. The van der Waals surface area contributed by atoms with E-state index in [1.54, 1.807) is 24.3 Å². The third kappa shape index (κ3) is 6.07. The average Bonchev–Trinajstić information content (AvgIpc) is 3.27. The molecule has 0 bridgehead atoms. The fourth-order valence-electron chi connectivity index (χ4n) is 2.71. The number of carbonyl (C=O) groups excluding carboxylic acids is 1. The predicted octanol–water partition coefficient (Wildman–Crippen LogP) is 5.42. The van der Waals surface area contributed by atoms with Gasteiger partial charge in [0.05, 0.1) is 17.8 Å². The van der Waals surface area contributed by atoms with Crippen molar-refractivity contribution in [2.75, 3.05) is 12.4 Å². The number of methoxy groups -OCH3 is 1. The minimum absolute atomic E-state index is 0.0213. The highest BCUT2D eigenvalue weighted by atomic mass is 35.5. The molecule has 0 aliphatic carbocycles. The number of aromatic carboxylic acids is 1. The number of benzene rings is 2. The van der Waals surface area contributed by atoms with Crippen molar-refractivity contribution in [3.63, 3.8) is 0 Å². The van der Waals surface area contributed by atoms with Crippen molar-refractivity contribution in [1.82, 2.24) is 0 Å². The van der Waals surface area contributed by atoms with Crippen molar-refractivity contribution in [1.29, 1.82) is 5.26 Å². The summed E-state index contributed by atoms with van der Waals surface area (Å²) in [4.78, 5) is 23.4. The fourth-order valence-corrected chi connectivity index (χ4v) is 3.16. The van der Waals surface area contributed by atoms with Gasteiger partial charge in [-0.3, -0.25) is 4.79 Å². The van der Waals surface area contributed by atoms with Crippen molar-refractivity contribution in [3.8, 4) is 17.6 Å². The highest BCUT2D eigenvalue weighted by Crippen LogP contribution is 2.30. The Morgan fingerprint density at radius 1 is 1.15 bits per heavy atom. The summed E-state index contributed by atoms with van der Waals surface area (Å²) in [6, 6.07) is 14.1. The molecular weight excluding hydrogens is 471 g/mol. The van der Waals surface area contributed by atoms with Crippen LogP contribution in [0.1, 0.15) is 21.9 Å². The molecule has 3 aromatic rings. The molecule has 1 amide bonds. The van der Waals surface area contributed by atoms with Crippen LogP contribution >= 0.6 is 23.2 Å². The highest BCUT2D eigenvalue weighted by Gasteiger charge is 2.14. The Bertz CT molecular complexity index is 1280. The maximum absolute atomic E-state index is 12.5. The van der Waals surface area contributed by atoms with Gasteiger partial charge < -0.3 is 24.3 Å². The van der Waals surface area contributed by atoms with Gasteiger partial charge in [0.2, 0.25) is 5.76 Å². The quantitative estimate of drug-likeness (QED) is 0.322. The molecule has 0 saturated heterocycles. The average molecular weight is 487 g/mol. The Labute approximate surface area is 198 Å². The van der Waals surface area contributed by atoms with Crippen LogP contribution in [0.3, 0.4) is 0 Å². The van der Waals surface area contributed by atoms with Gasteiger partial charge in [0.25, 0.3) is 5.91 Å². The van der Waals surface area contributed by atoms with Crippen LogP contribution in [-0.4, -0.2) is 24.1 Å². The molecule has 2 aromatic carbocycles. The first kappa shape index (κ1) is 23.7. The van der Waals surface area contributed by atoms with E-state index >= 15 is 0 Å². The van der Waals surface area contributed by atoms with Gasteiger partial charge in [-0.1, -0.05) is 29.3 Å². The van der Waals surface area contributed by atoms with Gasteiger partial charge in [0.1, 0.15) is 24.0 Å². The molecule has 1 heterocycles. The molecule has 8 nitrogen and oxygen atoms in total. The second kappa shape index (κ2) is 10.6. The van der Waals surface area contributed by atoms with E-state index in [-0.39, 0.29) is 23.0 Å². The first-order valence-electron chi connectivity index (χ1n) is 9.31. The van der Waals surface area contributed by atoms with E-state index in [2.05, 4.69) is 5.32 Å². The third-order valence-corrected chi connectivity index (χ3v) is 4.83. The van der Waals surface area contributed by atoms with Crippen molar-refractivity contribution < 1.29 is 28.6 Å². The number of hydrogen-bond donors (Lipinski definition) is 2. The number of rotatable bonds is 8. The van der Waals surface area contributed by atoms with Gasteiger partial charge in [-0.2, -0.15) is 5.26 Å². The van der Waals surface area contributed by atoms with E-state index in [9.17, 15) is 14.9 Å². The van der Waals surface area contributed by atoms with Crippen LogP contribution in [0.15, 0.2) is 58.5 Å². The van der Waals surface area contributed by atoms with Gasteiger partial charge >= 0.3 is 5.97 Å². The number of amides is 1. The third-order valence-electron chi connectivity index (χ3n) is 4.29. The van der Waals surface area contributed by atoms with E-state index in [0.717, 1.165) is 0 Å². The van der Waals surface area contributed by atoms with Gasteiger partial charge in [0, 0.05) is 5.02 Å². The Balaban J connectivity index is 1.75. The number of nitrogens with zero attached hydrogens (tertiary/aromatic N) is 1. The summed E-state index contributed by atoms with van der Waals surface area (Å²) < 4.78 is 16.1. The van der Waals surface area contributed by atoms with E-state index in [0.29, 0.717) is 33.5 Å². The zero-order valence-corrected chi connectivity index (χ0v) is 18.6. The van der Waals surface area contributed by atoms with Crippen molar-refractivity contribution in [3.05, 3.63) is 81.2 Å². The lowest BCUT2D eigenvalue weighted by atomic mass is 10.1. The van der Waals surface area contributed by atoms with Gasteiger partial charge in [-0.15, -0.1) is 0 Å². The molecule has 33 heavy (non-hydrogen) atoms. The number of nitriles is 1. The lowest BCUT2D eigenvalue weighted by Crippen LogP contribution is -2.13. The molecule has 10 heteroatoms. The number of ether oxygens (including phenoxy) is 2. The largest absolute Gasteiger partial charge is 0.493 e. The molecule has 3 rings (SSSR count). The molecule has 0 atom stereocenters. The summed E-state index contributed by atoms with van der Waals surface area (Å²) in [7, 11) is 1.44. The molecular formula is C23H16Cl2N2O6. The number of nitrogens with one attached hydrogen (secondary N) is 1. The molecule has 168 valence electrons. The van der Waals surface area contributed by atoms with Crippen LogP contribution in [0, 0.1) is 11.3 Å². The standard InChI is InChI=1S/C23H16Cl2N2O6/c1-31-21-9-13(2-6-19(21)32-12-16-4-7-20(33-16)23(29)30)8-14(11-26)22(28)27-18-5-3-15(24)10-17(18)25/h2-10H,12H2,1H3,(H,27,28)(H,29,30)/b14-8-. The van der Waals surface area contributed by atoms with Crippen LogP contribution in [-0.2, 0) is 11.4 Å². The SMILES string of the molecule is COc1cc(/C=C(/C#N)C(=O)Nc2ccc(Cl)cc2Cl)ccc1OCc1ccc(C(=O)O)o1. The Hall–Kier alpha value is -3.93. The highest BCUT2D eigenvalue weighted by molar-refractivity contribution is 6.36. The smallest absolute Gasteiger partial charge is 0.371 e. The van der Waals surface area contributed by atoms with E-state index in [1.807, 2.05) is 6.07 Å². The predicted molar refractivity (Wildman–Crippen MR) is 122 cm³/mol. The topological polar surface area (TPSA) is 122 Å². The number of carboxylic acid groups (broad SMARTS) is 1. The van der Waals surface area contributed by atoms with E-state index in [4.69, 9.17) is 42.2 Å². The summed E-state index contributed by atoms with van der Waals surface area (Å²) in [6.07, 6.45) is 1.39. The number of carboxylic acids is 1. The monoisotopic (exact) mass is 486 g/mol. The molecule has 0 saturated carbocycles. The molecule has 0 radical (unpaired) electrons. The Morgan fingerprint density at radius 2 is 1.94 bits per heavy atom. The first-order valence-corrected chi connectivity index (χ1v) is 10.1. The summed E-state index contributed by atoms with van der Waals surface area (Å²) >= 11 is 11.9. The molecule has 2 N–H and O–H groups in total. The second-order valence-corrected chi connectivity index (χ2v) is 7.36. The summed E-state index contributed by atoms with van der Waals surface area (Å²) in [5.74, 6) is -0.990. The zero-order valence-electron chi connectivity index (χ0n) is 17.1. The van der Waals surface area contributed by atoms with Gasteiger partial charge in [-0.25, -0.2) is 4.79 Å². The lowest BCUT2D eigenvalue weighted by molar-refractivity contribution is -0.112. The summed E-state index contributed by atoms with van der Waals surface area (Å²) in [6.45, 7) is -0.0213. The molecule has 1 aromatic heterocycles. The van der Waals surface area contributed by atoms with Crippen molar-refractivity contribution >= 4 is 46.8 Å². The maximum Gasteiger partial charge on any atom is 0.371 e. The zero-order chi connectivity index (χ0) is 24.0. The number of anilines is 1. The minimum Gasteiger partial charge on any atom is -0.493 e. The van der Waals surface area contributed by atoms with Crippen LogP contribution < -0.4 is 14.8 Å². The Morgan fingerprint density at radius 3 is 2.58 bits per heavy atom. The molecule has 0 unspecified atom stereocenters. The first-order chi connectivity index (χ1) is 15.8. The van der Waals surface area contributed by atoms with Crippen LogP contribution in [0.5, 0.6) is 11.5 Å². The molecule has 0 spiro atoms. The summed E-state index contributed by atoms with van der Waals surface area (Å²) in [5.41, 5.74) is 0.672. The van der Waals surface area contributed by atoms with Crippen LogP contribution in [0.4, 0.5) is 5.69 Å². The second-order valence-electron chi connectivity index (χ2n) is 6.52. The number of carbonyl (C=O) groups is 2. The maximum atomic E-state index is 12.5. The van der Waals surface area contributed by atoms with Crippen molar-refractivity contribution in [2.24, 2.45) is 0 Å². The summed E-state index contributed by atoms with van der Waals surface area (Å²) in [5, 5.41) is 21.6. The van der Waals surface area contributed by atoms with Crippen LogP contribution in [0.2, 0.25) is 10.0 Å². The molecule has 0 aliphatic rings.